The maximum atomic E-state index is 12.8. The molecule has 172 valence electrons. The lowest BCUT2D eigenvalue weighted by Crippen LogP contribution is -2.47. The summed E-state index contributed by atoms with van der Waals surface area (Å²) in [5.41, 5.74) is 0.447. The van der Waals surface area contributed by atoms with Gasteiger partial charge in [-0.2, -0.15) is 5.10 Å². The van der Waals surface area contributed by atoms with Crippen LogP contribution >= 0.6 is 0 Å². The molecule has 0 bridgehead atoms. The largest absolute Gasteiger partial charge is 0.497 e. The number of ether oxygens (including phenoxy) is 2. The van der Waals surface area contributed by atoms with Crippen LogP contribution in [-0.2, 0) is 22.7 Å². The summed E-state index contributed by atoms with van der Waals surface area (Å²) in [6.45, 7) is 4.63. The van der Waals surface area contributed by atoms with Crippen molar-refractivity contribution in [3.05, 3.63) is 36.4 Å². The second kappa shape index (κ2) is 9.58. The molecule has 2 aliphatic heterocycles. The lowest BCUT2D eigenvalue weighted by Gasteiger charge is -2.35. The van der Waals surface area contributed by atoms with Gasteiger partial charge in [-0.3, -0.25) is 14.3 Å². The third kappa shape index (κ3) is 5.03. The summed E-state index contributed by atoms with van der Waals surface area (Å²) in [6, 6.07) is 5.75. The summed E-state index contributed by atoms with van der Waals surface area (Å²) in [4.78, 5) is 32.9. The zero-order chi connectivity index (χ0) is 22.6. The highest BCUT2D eigenvalue weighted by Gasteiger charge is 2.40. The molecule has 2 amide bonds. The molecule has 0 radical (unpaired) electrons. The molecule has 2 aromatic rings. The Balaban J connectivity index is 1.44. The first-order chi connectivity index (χ1) is 15.5. The van der Waals surface area contributed by atoms with E-state index in [0.717, 1.165) is 36.3 Å². The first kappa shape index (κ1) is 22.1. The molecule has 1 unspecified atom stereocenters. The molecule has 1 aromatic heterocycles. The lowest BCUT2D eigenvalue weighted by molar-refractivity contribution is -0.133. The number of hydrogen-bond acceptors (Lipinski definition) is 6. The van der Waals surface area contributed by atoms with E-state index in [-0.39, 0.29) is 11.8 Å². The van der Waals surface area contributed by atoms with Gasteiger partial charge in [0.05, 0.1) is 13.7 Å². The van der Waals surface area contributed by atoms with E-state index < -0.39 is 5.60 Å². The molecule has 1 spiro atoms. The minimum Gasteiger partial charge on any atom is -0.497 e. The number of carbonyl (C=O) groups excluding carboxylic acids is 2. The minimum absolute atomic E-state index is 0.0222. The summed E-state index contributed by atoms with van der Waals surface area (Å²) < 4.78 is 13.7. The maximum Gasteiger partial charge on any atom is 0.222 e. The molecule has 9 nitrogen and oxygen atoms in total. The Morgan fingerprint density at radius 2 is 2.09 bits per heavy atom. The van der Waals surface area contributed by atoms with Gasteiger partial charge in [-0.15, -0.1) is 0 Å². The Hall–Kier alpha value is -3.10. The molecule has 0 saturated carbocycles. The number of nitrogens with zero attached hydrogens (tertiary/aromatic N) is 5. The second-order valence-electron chi connectivity index (χ2n) is 8.63. The fraction of sp³-hybridized carbons (Fsp3) is 0.565. The first-order valence-corrected chi connectivity index (χ1v) is 11.2. The summed E-state index contributed by atoms with van der Waals surface area (Å²) in [5, 5.41) is 4.08. The van der Waals surface area contributed by atoms with Gasteiger partial charge in [0.25, 0.3) is 0 Å². The lowest BCUT2D eigenvalue weighted by atomic mass is 9.93. The van der Waals surface area contributed by atoms with Crippen LogP contribution in [-0.4, -0.2) is 68.7 Å². The van der Waals surface area contributed by atoms with Crippen LogP contribution in [0.5, 0.6) is 11.5 Å². The van der Waals surface area contributed by atoms with Crippen LogP contribution in [0, 0.1) is 0 Å². The van der Waals surface area contributed by atoms with E-state index in [1.54, 1.807) is 25.0 Å². The highest BCUT2D eigenvalue weighted by Crippen LogP contribution is 2.37. The zero-order valence-corrected chi connectivity index (χ0v) is 18.8. The predicted octanol–water partition coefficient (Wildman–Crippen LogP) is 2.26. The van der Waals surface area contributed by atoms with Crippen molar-refractivity contribution in [1.82, 2.24) is 24.6 Å². The Bertz CT molecular complexity index is 948. The highest BCUT2D eigenvalue weighted by atomic mass is 16.5. The van der Waals surface area contributed by atoms with Crippen LogP contribution in [0.25, 0.3) is 0 Å². The fourth-order valence-electron chi connectivity index (χ4n) is 4.58. The van der Waals surface area contributed by atoms with Crippen LogP contribution in [0.4, 0.5) is 0 Å². The van der Waals surface area contributed by atoms with Gasteiger partial charge in [-0.05, 0) is 37.5 Å². The van der Waals surface area contributed by atoms with Crippen molar-refractivity contribution in [3.63, 3.8) is 0 Å². The summed E-state index contributed by atoms with van der Waals surface area (Å²) in [5.74, 6) is 1.72. The van der Waals surface area contributed by atoms with Gasteiger partial charge in [0.15, 0.2) is 0 Å². The van der Waals surface area contributed by atoms with E-state index in [0.29, 0.717) is 45.6 Å². The van der Waals surface area contributed by atoms with Crippen molar-refractivity contribution >= 4 is 11.8 Å². The zero-order valence-electron chi connectivity index (χ0n) is 18.8. The minimum atomic E-state index is -0.499. The van der Waals surface area contributed by atoms with Gasteiger partial charge in [0.1, 0.15) is 29.8 Å². The molecule has 2 aliphatic rings. The summed E-state index contributed by atoms with van der Waals surface area (Å²) in [6.07, 6.45) is 6.71. The third-order valence-electron chi connectivity index (χ3n) is 6.37. The molecule has 3 heterocycles. The van der Waals surface area contributed by atoms with Gasteiger partial charge in [-0.25, -0.2) is 4.98 Å². The van der Waals surface area contributed by atoms with E-state index in [9.17, 15) is 9.59 Å². The van der Waals surface area contributed by atoms with E-state index >= 15 is 0 Å². The number of carbonyl (C=O) groups is 2. The molecule has 1 fully saturated rings. The molecule has 0 N–H and O–H groups in total. The van der Waals surface area contributed by atoms with Crippen molar-refractivity contribution in [1.29, 1.82) is 0 Å². The van der Waals surface area contributed by atoms with E-state index in [4.69, 9.17) is 9.47 Å². The monoisotopic (exact) mass is 441 g/mol. The van der Waals surface area contributed by atoms with E-state index in [2.05, 4.69) is 10.1 Å². The SMILES string of the molecule is COc1ccc2c(c1)CN(C(C)=O)CC1(CCCN(C(=O)CCCn3cncn3)CC1)O2. The average molecular weight is 442 g/mol. The molecule has 0 aliphatic carbocycles. The Morgan fingerprint density at radius 1 is 1.22 bits per heavy atom. The third-order valence-corrected chi connectivity index (χ3v) is 6.37. The van der Waals surface area contributed by atoms with Crippen molar-refractivity contribution < 1.29 is 19.1 Å². The first-order valence-electron chi connectivity index (χ1n) is 11.2. The Kier molecular flexibility index (Phi) is 6.62. The number of fused-ring (bicyclic) bond motifs is 1. The van der Waals surface area contributed by atoms with Crippen molar-refractivity contribution in [2.75, 3.05) is 26.7 Å². The smallest absolute Gasteiger partial charge is 0.222 e. The van der Waals surface area contributed by atoms with Gasteiger partial charge < -0.3 is 19.3 Å². The summed E-state index contributed by atoms with van der Waals surface area (Å²) in [7, 11) is 1.63. The standard InChI is InChI=1S/C23H31N5O4/c1-18(29)27-14-19-13-20(31-2)6-7-21(19)32-23(15-27)8-4-10-26(12-9-23)22(30)5-3-11-28-17-24-16-25-28/h6-7,13,16-17H,3-5,8-12,14-15H2,1-2H3. The average Bonchev–Trinajstić information content (AvgIpc) is 3.13. The Labute approximate surface area is 188 Å². The van der Waals surface area contributed by atoms with Crippen LogP contribution in [0.3, 0.4) is 0 Å². The van der Waals surface area contributed by atoms with Crippen molar-refractivity contribution in [2.45, 2.75) is 57.7 Å². The molecule has 1 saturated heterocycles. The molecule has 1 aromatic carbocycles. The van der Waals surface area contributed by atoms with Crippen LogP contribution in [0.1, 0.15) is 44.6 Å². The molecular weight excluding hydrogens is 410 g/mol. The van der Waals surface area contributed by atoms with E-state index in [1.807, 2.05) is 28.0 Å². The van der Waals surface area contributed by atoms with Gasteiger partial charge in [0, 0.05) is 51.5 Å². The molecule has 4 rings (SSSR count). The number of hydrogen-bond donors (Lipinski definition) is 0. The van der Waals surface area contributed by atoms with Crippen LogP contribution < -0.4 is 9.47 Å². The molecule has 1 atom stereocenters. The van der Waals surface area contributed by atoms with Crippen LogP contribution in [0.15, 0.2) is 30.9 Å². The number of aryl methyl sites for hydroxylation is 1. The number of methoxy groups -OCH3 is 1. The highest BCUT2D eigenvalue weighted by molar-refractivity contribution is 5.76. The predicted molar refractivity (Wildman–Crippen MR) is 117 cm³/mol. The molecule has 9 heteroatoms. The van der Waals surface area contributed by atoms with Gasteiger partial charge in [-0.1, -0.05) is 0 Å². The normalized spacial score (nSPS) is 20.8. The number of rotatable bonds is 5. The van der Waals surface area contributed by atoms with Crippen molar-refractivity contribution in [3.8, 4) is 11.5 Å². The molecule has 32 heavy (non-hydrogen) atoms. The van der Waals surface area contributed by atoms with Gasteiger partial charge >= 0.3 is 0 Å². The van der Waals surface area contributed by atoms with Crippen LogP contribution in [0.2, 0.25) is 0 Å². The number of benzene rings is 1. The molecular formula is C23H31N5O4. The topological polar surface area (TPSA) is 89.8 Å². The second-order valence-corrected chi connectivity index (χ2v) is 8.63. The number of aromatic nitrogens is 3. The van der Waals surface area contributed by atoms with E-state index in [1.165, 1.54) is 6.33 Å². The van der Waals surface area contributed by atoms with Gasteiger partial charge in [0.2, 0.25) is 11.8 Å². The fourth-order valence-corrected chi connectivity index (χ4v) is 4.58. The Morgan fingerprint density at radius 3 is 2.84 bits per heavy atom. The number of likely N-dealkylation sites (tertiary alicyclic amines) is 1. The number of amides is 2. The summed E-state index contributed by atoms with van der Waals surface area (Å²) >= 11 is 0. The maximum absolute atomic E-state index is 12.8. The van der Waals surface area contributed by atoms with Crippen molar-refractivity contribution in [2.24, 2.45) is 0 Å². The quantitative estimate of drug-likeness (QED) is 0.707.